The van der Waals surface area contributed by atoms with E-state index in [0.717, 1.165) is 12.8 Å². The molecule has 4 heteroatoms. The summed E-state index contributed by atoms with van der Waals surface area (Å²) in [4.78, 5) is 0. The lowest BCUT2D eigenvalue weighted by molar-refractivity contribution is -0.0914. The van der Waals surface area contributed by atoms with E-state index in [0.29, 0.717) is 36.1 Å². The van der Waals surface area contributed by atoms with Gasteiger partial charge in [0.1, 0.15) is 0 Å². The molecule has 1 saturated carbocycles. The fourth-order valence-corrected chi connectivity index (χ4v) is 4.32. The molecule has 1 aliphatic carbocycles. The Kier molecular flexibility index (Phi) is 3.63. The third-order valence-electron chi connectivity index (χ3n) is 5.22. The van der Waals surface area contributed by atoms with Crippen molar-refractivity contribution in [2.24, 2.45) is 11.8 Å². The molecular formula is C14H25NO3. The summed E-state index contributed by atoms with van der Waals surface area (Å²) in [5, 5.41) is 13.1. The zero-order chi connectivity index (χ0) is 12.7. The van der Waals surface area contributed by atoms with Gasteiger partial charge in [-0.05, 0) is 26.2 Å². The number of piperidine rings is 1. The van der Waals surface area contributed by atoms with E-state index in [4.69, 9.17) is 9.47 Å². The second-order valence-corrected chi connectivity index (χ2v) is 6.15. The minimum atomic E-state index is 0.0471. The fourth-order valence-electron chi connectivity index (χ4n) is 4.32. The van der Waals surface area contributed by atoms with Gasteiger partial charge in [-0.25, -0.2) is 0 Å². The van der Waals surface area contributed by atoms with Gasteiger partial charge in [0, 0.05) is 31.0 Å². The van der Waals surface area contributed by atoms with Crippen LogP contribution < -0.4 is 5.32 Å². The first-order valence-electron chi connectivity index (χ1n) is 7.29. The maximum atomic E-state index is 9.32. The number of aliphatic hydroxyl groups is 1. The summed E-state index contributed by atoms with van der Waals surface area (Å²) in [6.07, 6.45) is 5.29. The molecule has 104 valence electrons. The van der Waals surface area contributed by atoms with Crippen LogP contribution >= 0.6 is 0 Å². The van der Waals surface area contributed by atoms with Crippen molar-refractivity contribution in [3.05, 3.63) is 0 Å². The molecule has 3 fully saturated rings. The number of hydrogen-bond donors (Lipinski definition) is 2. The van der Waals surface area contributed by atoms with E-state index >= 15 is 0 Å². The van der Waals surface area contributed by atoms with Crippen LogP contribution in [0.1, 0.15) is 32.6 Å². The Labute approximate surface area is 109 Å². The van der Waals surface area contributed by atoms with Crippen LogP contribution in [0.4, 0.5) is 0 Å². The highest BCUT2D eigenvalue weighted by molar-refractivity contribution is 5.04. The normalized spacial score (nSPS) is 51.8. The van der Waals surface area contributed by atoms with Crippen molar-refractivity contribution in [1.82, 2.24) is 5.32 Å². The van der Waals surface area contributed by atoms with Crippen molar-refractivity contribution in [2.75, 3.05) is 13.7 Å². The van der Waals surface area contributed by atoms with Crippen molar-refractivity contribution in [1.29, 1.82) is 0 Å². The van der Waals surface area contributed by atoms with Crippen LogP contribution in [0.25, 0.3) is 0 Å². The number of rotatable bonds is 2. The highest BCUT2D eigenvalue weighted by atomic mass is 16.5. The second kappa shape index (κ2) is 5.08. The third kappa shape index (κ3) is 1.99. The van der Waals surface area contributed by atoms with Crippen LogP contribution in [0.2, 0.25) is 0 Å². The van der Waals surface area contributed by atoms with Gasteiger partial charge in [0.25, 0.3) is 0 Å². The molecule has 0 bridgehead atoms. The van der Waals surface area contributed by atoms with E-state index in [1.165, 1.54) is 12.8 Å². The highest BCUT2D eigenvalue weighted by Crippen LogP contribution is 2.43. The standard InChI is InChI=1S/C14H25NO3/c1-8-11-6-9(7-16)18-14(11)10-4-3-5-12(17-2)13(10)15-8/h8-16H,3-7H2,1-2H3. The van der Waals surface area contributed by atoms with Crippen LogP contribution in [-0.4, -0.2) is 49.2 Å². The maximum absolute atomic E-state index is 9.32. The number of hydrogen-bond acceptors (Lipinski definition) is 4. The average molecular weight is 255 g/mol. The van der Waals surface area contributed by atoms with E-state index in [9.17, 15) is 5.11 Å². The van der Waals surface area contributed by atoms with Gasteiger partial charge >= 0.3 is 0 Å². The molecule has 0 spiro atoms. The van der Waals surface area contributed by atoms with E-state index < -0.39 is 0 Å². The molecule has 4 nitrogen and oxygen atoms in total. The molecule has 2 heterocycles. The lowest BCUT2D eigenvalue weighted by Crippen LogP contribution is -2.62. The molecule has 7 atom stereocenters. The smallest absolute Gasteiger partial charge is 0.0814 e. The van der Waals surface area contributed by atoms with Gasteiger partial charge in [0.2, 0.25) is 0 Å². The van der Waals surface area contributed by atoms with Gasteiger partial charge in [0.15, 0.2) is 0 Å². The average Bonchev–Trinajstić information content (AvgIpc) is 2.83. The molecule has 0 aromatic rings. The number of aliphatic hydroxyl groups excluding tert-OH is 1. The topological polar surface area (TPSA) is 50.7 Å². The van der Waals surface area contributed by atoms with E-state index in [-0.39, 0.29) is 12.7 Å². The summed E-state index contributed by atoms with van der Waals surface area (Å²) >= 11 is 0. The van der Waals surface area contributed by atoms with Gasteiger partial charge < -0.3 is 19.9 Å². The van der Waals surface area contributed by atoms with Gasteiger partial charge in [-0.2, -0.15) is 0 Å². The largest absolute Gasteiger partial charge is 0.394 e. The number of methoxy groups -OCH3 is 1. The summed E-state index contributed by atoms with van der Waals surface area (Å²) in [7, 11) is 1.82. The Morgan fingerprint density at radius 3 is 2.89 bits per heavy atom. The molecule has 2 aliphatic heterocycles. The van der Waals surface area contributed by atoms with Crippen molar-refractivity contribution in [2.45, 2.75) is 63.0 Å². The zero-order valence-electron chi connectivity index (χ0n) is 11.3. The van der Waals surface area contributed by atoms with Crippen molar-refractivity contribution >= 4 is 0 Å². The van der Waals surface area contributed by atoms with Gasteiger partial charge in [-0.1, -0.05) is 6.42 Å². The molecule has 18 heavy (non-hydrogen) atoms. The van der Waals surface area contributed by atoms with Crippen LogP contribution in [0, 0.1) is 11.8 Å². The SMILES string of the molecule is COC1CCCC2C1NC(C)C1CC(CO)OC12. The Balaban J connectivity index is 1.79. The molecule has 0 aromatic carbocycles. The van der Waals surface area contributed by atoms with Gasteiger partial charge in [-0.3, -0.25) is 0 Å². The molecule has 2 N–H and O–H groups in total. The molecule has 0 radical (unpaired) electrons. The Bertz CT molecular complexity index is 299. The summed E-state index contributed by atoms with van der Waals surface area (Å²) in [6.45, 7) is 2.41. The molecular weight excluding hydrogens is 230 g/mol. The van der Waals surface area contributed by atoms with E-state index in [2.05, 4.69) is 12.2 Å². The summed E-state index contributed by atoms with van der Waals surface area (Å²) in [5.74, 6) is 1.11. The van der Waals surface area contributed by atoms with E-state index in [1.54, 1.807) is 0 Å². The van der Waals surface area contributed by atoms with Gasteiger partial charge in [-0.15, -0.1) is 0 Å². The molecule has 2 saturated heterocycles. The summed E-state index contributed by atoms with van der Waals surface area (Å²) < 4.78 is 11.7. The number of nitrogens with one attached hydrogen (secondary N) is 1. The minimum Gasteiger partial charge on any atom is -0.394 e. The molecule has 3 rings (SSSR count). The van der Waals surface area contributed by atoms with Crippen molar-refractivity contribution in [3.63, 3.8) is 0 Å². The summed E-state index contributed by atoms with van der Waals surface area (Å²) in [6, 6.07) is 0.890. The zero-order valence-corrected chi connectivity index (χ0v) is 11.3. The molecule has 3 aliphatic rings. The first-order chi connectivity index (χ1) is 8.74. The van der Waals surface area contributed by atoms with Crippen LogP contribution in [0.3, 0.4) is 0 Å². The lowest BCUT2D eigenvalue weighted by atomic mass is 9.70. The lowest BCUT2D eigenvalue weighted by Gasteiger charge is -2.48. The van der Waals surface area contributed by atoms with E-state index in [1.807, 2.05) is 7.11 Å². The second-order valence-electron chi connectivity index (χ2n) is 6.15. The maximum Gasteiger partial charge on any atom is 0.0814 e. The molecule has 7 unspecified atom stereocenters. The highest BCUT2D eigenvalue weighted by Gasteiger charge is 2.51. The van der Waals surface area contributed by atoms with Crippen LogP contribution in [0.15, 0.2) is 0 Å². The van der Waals surface area contributed by atoms with Crippen molar-refractivity contribution < 1.29 is 14.6 Å². The van der Waals surface area contributed by atoms with Crippen molar-refractivity contribution in [3.8, 4) is 0 Å². The quantitative estimate of drug-likeness (QED) is 0.770. The first kappa shape index (κ1) is 12.9. The molecule has 0 aromatic heterocycles. The Hall–Kier alpha value is -0.160. The monoisotopic (exact) mass is 255 g/mol. The molecule has 0 amide bonds. The fraction of sp³-hybridized carbons (Fsp3) is 1.00. The van der Waals surface area contributed by atoms with Crippen LogP contribution in [-0.2, 0) is 9.47 Å². The Morgan fingerprint density at radius 1 is 1.33 bits per heavy atom. The number of ether oxygens (including phenoxy) is 2. The van der Waals surface area contributed by atoms with Gasteiger partial charge in [0.05, 0.1) is 24.9 Å². The third-order valence-corrected chi connectivity index (χ3v) is 5.22. The predicted molar refractivity (Wildman–Crippen MR) is 68.4 cm³/mol. The summed E-state index contributed by atoms with van der Waals surface area (Å²) in [5.41, 5.74) is 0. The number of fused-ring (bicyclic) bond motifs is 3. The predicted octanol–water partition coefficient (Wildman–Crippen LogP) is 0.928. The van der Waals surface area contributed by atoms with Crippen LogP contribution in [0.5, 0.6) is 0 Å². The Morgan fingerprint density at radius 2 is 2.17 bits per heavy atom. The minimum absolute atomic E-state index is 0.0471. The first-order valence-corrected chi connectivity index (χ1v) is 7.29.